The van der Waals surface area contributed by atoms with Crippen molar-refractivity contribution in [1.82, 2.24) is 15.0 Å². The molecule has 0 atom stereocenters. The summed E-state index contributed by atoms with van der Waals surface area (Å²) >= 11 is 0. The summed E-state index contributed by atoms with van der Waals surface area (Å²) in [5, 5.41) is 12.3. The lowest BCUT2D eigenvalue weighted by atomic mass is 10.2. The predicted molar refractivity (Wildman–Crippen MR) is 72.1 cm³/mol. The molecule has 1 aromatic carbocycles. The summed E-state index contributed by atoms with van der Waals surface area (Å²) in [6.45, 7) is 0.542. The highest BCUT2D eigenvalue weighted by atomic mass is 16.3. The molecule has 2 aromatic heterocycles. The molecule has 0 saturated heterocycles. The van der Waals surface area contributed by atoms with Crippen LogP contribution in [-0.2, 0) is 6.54 Å². The number of anilines is 1. The van der Waals surface area contributed by atoms with Gasteiger partial charge in [0.2, 0.25) is 0 Å². The first-order valence-electron chi connectivity index (χ1n) is 5.80. The molecule has 0 amide bonds. The van der Waals surface area contributed by atoms with Crippen molar-refractivity contribution in [1.29, 1.82) is 0 Å². The number of aromatic hydroxyl groups is 1. The highest BCUT2D eigenvalue weighted by Gasteiger charge is 2.00. The third kappa shape index (κ3) is 2.42. The van der Waals surface area contributed by atoms with Crippen molar-refractivity contribution in [3.8, 4) is 5.75 Å². The Hall–Kier alpha value is -2.76. The number of benzene rings is 1. The maximum absolute atomic E-state index is 11.1. The van der Waals surface area contributed by atoms with Gasteiger partial charge in [-0.2, -0.15) is 0 Å². The maximum Gasteiger partial charge on any atom is 0.323 e. The summed E-state index contributed by atoms with van der Waals surface area (Å²) in [5.41, 5.74) is 3.03. The zero-order chi connectivity index (χ0) is 13.2. The molecule has 0 aliphatic rings. The molecule has 4 N–H and O–H groups in total. The molecule has 3 rings (SSSR count). The van der Waals surface area contributed by atoms with E-state index in [9.17, 15) is 4.79 Å². The van der Waals surface area contributed by atoms with Crippen LogP contribution in [-0.4, -0.2) is 20.1 Å². The van der Waals surface area contributed by atoms with Gasteiger partial charge in [0, 0.05) is 5.69 Å². The summed E-state index contributed by atoms with van der Waals surface area (Å²) in [5.74, 6) is 0.148. The van der Waals surface area contributed by atoms with Gasteiger partial charge in [0.25, 0.3) is 0 Å². The second kappa shape index (κ2) is 4.49. The molecule has 0 radical (unpaired) electrons. The van der Waals surface area contributed by atoms with Crippen LogP contribution in [0.2, 0.25) is 0 Å². The fourth-order valence-corrected chi connectivity index (χ4v) is 1.86. The van der Waals surface area contributed by atoms with Crippen molar-refractivity contribution < 1.29 is 5.11 Å². The number of nitrogens with zero attached hydrogens (tertiary/aromatic N) is 1. The van der Waals surface area contributed by atoms with Crippen molar-refractivity contribution in [2.75, 3.05) is 5.32 Å². The number of aromatic nitrogens is 3. The number of nitrogens with one attached hydrogen (secondary N) is 3. The molecule has 0 saturated carbocycles. The Morgan fingerprint density at radius 1 is 1.16 bits per heavy atom. The van der Waals surface area contributed by atoms with E-state index in [-0.39, 0.29) is 11.4 Å². The first kappa shape index (κ1) is 11.3. The number of pyridine rings is 1. The molecule has 6 nitrogen and oxygen atoms in total. The Morgan fingerprint density at radius 3 is 2.79 bits per heavy atom. The number of fused-ring (bicyclic) bond motifs is 1. The summed E-state index contributed by atoms with van der Waals surface area (Å²) in [7, 11) is 0. The standard InChI is InChI=1S/C13H12N4O2/c18-10-3-1-9(15-7-10)6-14-8-2-4-11-12(5-8)17-13(19)16-11/h1-5,7,14,18H,6H2,(H2,16,17,19). The van der Waals surface area contributed by atoms with E-state index in [0.717, 1.165) is 22.4 Å². The normalized spacial score (nSPS) is 10.7. The molecule has 0 spiro atoms. The lowest BCUT2D eigenvalue weighted by Crippen LogP contribution is -2.01. The second-order valence-electron chi connectivity index (χ2n) is 4.20. The molecule has 3 aromatic rings. The van der Waals surface area contributed by atoms with Gasteiger partial charge in [-0.15, -0.1) is 0 Å². The Labute approximate surface area is 108 Å². The molecule has 0 bridgehead atoms. The number of hydrogen-bond donors (Lipinski definition) is 4. The van der Waals surface area contributed by atoms with Crippen LogP contribution in [0.1, 0.15) is 5.69 Å². The van der Waals surface area contributed by atoms with E-state index in [4.69, 9.17) is 5.11 Å². The minimum atomic E-state index is -0.215. The van der Waals surface area contributed by atoms with E-state index >= 15 is 0 Å². The summed E-state index contributed by atoms with van der Waals surface area (Å²) in [6, 6.07) is 8.91. The third-order valence-corrected chi connectivity index (χ3v) is 2.80. The third-order valence-electron chi connectivity index (χ3n) is 2.80. The number of H-pyrrole nitrogens is 2. The molecule has 0 aliphatic heterocycles. The van der Waals surface area contributed by atoms with Gasteiger partial charge in [-0.3, -0.25) is 4.98 Å². The fraction of sp³-hybridized carbons (Fsp3) is 0.0769. The molecule has 96 valence electrons. The van der Waals surface area contributed by atoms with Crippen molar-refractivity contribution in [3.05, 3.63) is 52.7 Å². The Bertz CT molecular complexity index is 758. The highest BCUT2D eigenvalue weighted by Crippen LogP contribution is 2.15. The van der Waals surface area contributed by atoms with Crippen molar-refractivity contribution >= 4 is 16.7 Å². The van der Waals surface area contributed by atoms with Crippen LogP contribution >= 0.6 is 0 Å². The summed E-state index contributed by atoms with van der Waals surface area (Å²) in [6.07, 6.45) is 1.41. The van der Waals surface area contributed by atoms with Crippen LogP contribution in [0.5, 0.6) is 5.75 Å². The smallest absolute Gasteiger partial charge is 0.323 e. The molecule has 0 fully saturated rings. The lowest BCUT2D eigenvalue weighted by molar-refractivity contribution is 0.472. The zero-order valence-corrected chi connectivity index (χ0v) is 9.97. The van der Waals surface area contributed by atoms with Gasteiger partial charge in [0.1, 0.15) is 5.75 Å². The van der Waals surface area contributed by atoms with Gasteiger partial charge in [-0.25, -0.2) is 4.79 Å². The number of aromatic amines is 2. The lowest BCUT2D eigenvalue weighted by Gasteiger charge is -2.05. The average molecular weight is 256 g/mol. The van der Waals surface area contributed by atoms with Crippen LogP contribution in [0.25, 0.3) is 11.0 Å². The Morgan fingerprint density at radius 2 is 2.00 bits per heavy atom. The number of imidazole rings is 1. The summed E-state index contributed by atoms with van der Waals surface area (Å²) in [4.78, 5) is 20.6. The monoisotopic (exact) mass is 256 g/mol. The quantitative estimate of drug-likeness (QED) is 0.572. The number of rotatable bonds is 3. The van der Waals surface area contributed by atoms with Crippen LogP contribution in [0.3, 0.4) is 0 Å². The minimum absolute atomic E-state index is 0.148. The minimum Gasteiger partial charge on any atom is -0.506 e. The van der Waals surface area contributed by atoms with E-state index in [1.165, 1.54) is 6.20 Å². The maximum atomic E-state index is 11.1. The molecular weight excluding hydrogens is 244 g/mol. The Kier molecular flexibility index (Phi) is 2.68. The van der Waals surface area contributed by atoms with E-state index in [1.807, 2.05) is 18.2 Å². The topological polar surface area (TPSA) is 93.8 Å². The molecule has 0 unspecified atom stereocenters. The first-order chi connectivity index (χ1) is 9.20. The van der Waals surface area contributed by atoms with Crippen molar-refractivity contribution in [3.63, 3.8) is 0 Å². The zero-order valence-electron chi connectivity index (χ0n) is 9.97. The van der Waals surface area contributed by atoms with Crippen molar-refractivity contribution in [2.24, 2.45) is 0 Å². The van der Waals surface area contributed by atoms with Crippen LogP contribution in [0, 0.1) is 0 Å². The molecule has 0 aliphatic carbocycles. The summed E-state index contributed by atoms with van der Waals surface area (Å²) < 4.78 is 0. The predicted octanol–water partition coefficient (Wildman–Crippen LogP) is 1.57. The second-order valence-corrected chi connectivity index (χ2v) is 4.20. The van der Waals surface area contributed by atoms with E-state index < -0.39 is 0 Å². The highest BCUT2D eigenvalue weighted by molar-refractivity contribution is 5.78. The van der Waals surface area contributed by atoms with Crippen LogP contribution < -0.4 is 11.0 Å². The van der Waals surface area contributed by atoms with Crippen LogP contribution in [0.4, 0.5) is 5.69 Å². The van der Waals surface area contributed by atoms with Crippen LogP contribution in [0.15, 0.2) is 41.3 Å². The largest absolute Gasteiger partial charge is 0.506 e. The molecular formula is C13H12N4O2. The number of hydrogen-bond acceptors (Lipinski definition) is 4. The molecule has 6 heteroatoms. The van der Waals surface area contributed by atoms with Gasteiger partial charge in [-0.1, -0.05) is 0 Å². The van der Waals surface area contributed by atoms with Gasteiger partial charge >= 0.3 is 5.69 Å². The van der Waals surface area contributed by atoms with Crippen molar-refractivity contribution in [2.45, 2.75) is 6.54 Å². The molecule has 2 heterocycles. The molecule has 19 heavy (non-hydrogen) atoms. The first-order valence-corrected chi connectivity index (χ1v) is 5.80. The Balaban J connectivity index is 1.77. The van der Waals surface area contributed by atoms with Gasteiger partial charge in [0.05, 0.1) is 29.5 Å². The van der Waals surface area contributed by atoms with E-state index in [2.05, 4.69) is 20.3 Å². The average Bonchev–Trinajstić information content (AvgIpc) is 2.77. The van der Waals surface area contributed by atoms with E-state index in [0.29, 0.717) is 6.54 Å². The van der Waals surface area contributed by atoms with E-state index in [1.54, 1.807) is 12.1 Å². The van der Waals surface area contributed by atoms with Gasteiger partial charge < -0.3 is 20.4 Å². The fourth-order valence-electron chi connectivity index (χ4n) is 1.86. The van der Waals surface area contributed by atoms with Gasteiger partial charge in [-0.05, 0) is 30.3 Å². The SMILES string of the molecule is O=c1[nH]c2ccc(NCc3ccc(O)cn3)cc2[nH]1. The van der Waals surface area contributed by atoms with Gasteiger partial charge in [0.15, 0.2) is 0 Å².